The van der Waals surface area contributed by atoms with Gasteiger partial charge in [0.1, 0.15) is 0 Å². The van der Waals surface area contributed by atoms with Gasteiger partial charge in [-0.2, -0.15) is 0 Å². The lowest BCUT2D eigenvalue weighted by atomic mass is 10.1. The fraction of sp³-hybridized carbons (Fsp3) is 0.167. The largest absolute Gasteiger partial charge is 0.346 e. The first-order valence-corrected chi connectivity index (χ1v) is 6.88. The molecule has 0 saturated carbocycles. The summed E-state index contributed by atoms with van der Waals surface area (Å²) >= 11 is 0. The Bertz CT molecular complexity index is 740. The lowest BCUT2D eigenvalue weighted by Crippen LogP contribution is -1.99. The molecule has 1 aromatic heterocycles. The van der Waals surface area contributed by atoms with Crippen LogP contribution in [0, 0.1) is 0 Å². The number of Topliss-reactive ketones (excluding diaryl/α,β-unsaturated/α-hetero) is 1. The fourth-order valence-corrected chi connectivity index (χ4v) is 2.61. The fourth-order valence-electron chi connectivity index (χ4n) is 2.61. The number of benzene rings is 2. The van der Waals surface area contributed by atoms with Crippen LogP contribution in [0.5, 0.6) is 0 Å². The molecule has 0 N–H and O–H groups in total. The third-order valence-corrected chi connectivity index (χ3v) is 3.65. The highest BCUT2D eigenvalue weighted by atomic mass is 16.1. The third kappa shape index (κ3) is 2.37. The highest BCUT2D eigenvalue weighted by molar-refractivity contribution is 6.06. The molecule has 0 aliphatic heterocycles. The standard InChI is InChI=1S/C18H17NO/c1-14(20)17-13-19(18-10-6-5-9-16(17)18)12-11-15-7-3-2-4-8-15/h2-10,13H,11-12H2,1H3. The molecule has 0 radical (unpaired) electrons. The molecule has 0 bridgehead atoms. The Morgan fingerprint density at radius 2 is 1.70 bits per heavy atom. The van der Waals surface area contributed by atoms with Crippen LogP contribution in [-0.2, 0) is 13.0 Å². The van der Waals surface area contributed by atoms with Gasteiger partial charge in [0.2, 0.25) is 0 Å². The lowest BCUT2D eigenvalue weighted by Gasteiger charge is -2.05. The van der Waals surface area contributed by atoms with Crippen molar-refractivity contribution in [2.45, 2.75) is 19.9 Å². The second-order valence-corrected chi connectivity index (χ2v) is 5.05. The number of hydrogen-bond acceptors (Lipinski definition) is 1. The summed E-state index contributed by atoms with van der Waals surface area (Å²) in [7, 11) is 0. The van der Waals surface area contributed by atoms with E-state index in [-0.39, 0.29) is 5.78 Å². The maximum Gasteiger partial charge on any atom is 0.161 e. The normalized spacial score (nSPS) is 10.8. The highest BCUT2D eigenvalue weighted by Crippen LogP contribution is 2.22. The minimum Gasteiger partial charge on any atom is -0.346 e. The number of ketones is 1. The van der Waals surface area contributed by atoms with Gasteiger partial charge in [-0.15, -0.1) is 0 Å². The molecule has 0 saturated heterocycles. The molecular formula is C18H17NO. The number of para-hydroxylation sites is 1. The Morgan fingerprint density at radius 3 is 2.45 bits per heavy atom. The van der Waals surface area contributed by atoms with Crippen LogP contribution in [0.25, 0.3) is 10.9 Å². The molecule has 3 aromatic rings. The van der Waals surface area contributed by atoms with E-state index in [9.17, 15) is 4.79 Å². The lowest BCUT2D eigenvalue weighted by molar-refractivity contribution is 0.101. The van der Waals surface area contributed by atoms with Crippen molar-refractivity contribution >= 4 is 16.7 Å². The van der Waals surface area contributed by atoms with Gasteiger partial charge in [-0.05, 0) is 25.0 Å². The van der Waals surface area contributed by atoms with Gasteiger partial charge in [-0.3, -0.25) is 4.79 Å². The molecule has 0 aliphatic carbocycles. The number of carbonyl (C=O) groups is 1. The van der Waals surface area contributed by atoms with Crippen molar-refractivity contribution in [2.24, 2.45) is 0 Å². The van der Waals surface area contributed by atoms with Crippen molar-refractivity contribution in [3.63, 3.8) is 0 Å². The first-order valence-electron chi connectivity index (χ1n) is 6.88. The molecule has 2 aromatic carbocycles. The molecule has 0 amide bonds. The summed E-state index contributed by atoms with van der Waals surface area (Å²) in [5.74, 6) is 0.125. The van der Waals surface area contributed by atoms with Crippen LogP contribution in [0.1, 0.15) is 22.8 Å². The minimum absolute atomic E-state index is 0.125. The summed E-state index contributed by atoms with van der Waals surface area (Å²) < 4.78 is 2.18. The average molecular weight is 263 g/mol. The van der Waals surface area contributed by atoms with Crippen molar-refractivity contribution in [2.75, 3.05) is 0 Å². The summed E-state index contributed by atoms with van der Waals surface area (Å²) in [6.45, 7) is 2.51. The van der Waals surface area contributed by atoms with Gasteiger partial charge in [0, 0.05) is 29.2 Å². The van der Waals surface area contributed by atoms with Crippen molar-refractivity contribution in [3.05, 3.63) is 71.9 Å². The van der Waals surface area contributed by atoms with Crippen LogP contribution in [0.2, 0.25) is 0 Å². The molecular weight excluding hydrogens is 246 g/mol. The maximum absolute atomic E-state index is 11.7. The molecule has 0 fully saturated rings. The van der Waals surface area contributed by atoms with Gasteiger partial charge < -0.3 is 4.57 Å². The molecule has 0 unspecified atom stereocenters. The van der Waals surface area contributed by atoms with E-state index in [0.29, 0.717) is 0 Å². The smallest absolute Gasteiger partial charge is 0.161 e. The molecule has 0 spiro atoms. The van der Waals surface area contributed by atoms with E-state index >= 15 is 0 Å². The molecule has 2 nitrogen and oxygen atoms in total. The number of hydrogen-bond donors (Lipinski definition) is 0. The topological polar surface area (TPSA) is 22.0 Å². The second-order valence-electron chi connectivity index (χ2n) is 5.05. The van der Waals surface area contributed by atoms with Crippen LogP contribution >= 0.6 is 0 Å². The van der Waals surface area contributed by atoms with Crippen LogP contribution in [-0.4, -0.2) is 10.4 Å². The number of aryl methyl sites for hydroxylation is 2. The van der Waals surface area contributed by atoms with Crippen LogP contribution in [0.3, 0.4) is 0 Å². The van der Waals surface area contributed by atoms with Crippen molar-refractivity contribution in [1.29, 1.82) is 0 Å². The van der Waals surface area contributed by atoms with Crippen molar-refractivity contribution < 1.29 is 4.79 Å². The van der Waals surface area contributed by atoms with Crippen LogP contribution in [0.4, 0.5) is 0 Å². The first kappa shape index (κ1) is 12.7. The quantitative estimate of drug-likeness (QED) is 0.650. The van der Waals surface area contributed by atoms with Crippen molar-refractivity contribution in [1.82, 2.24) is 4.57 Å². The van der Waals surface area contributed by atoms with Crippen LogP contribution in [0.15, 0.2) is 60.8 Å². The second kappa shape index (κ2) is 5.33. The Morgan fingerprint density at radius 1 is 1.00 bits per heavy atom. The summed E-state index contributed by atoms with van der Waals surface area (Å²) in [5, 5.41) is 1.05. The predicted molar refractivity (Wildman–Crippen MR) is 82.1 cm³/mol. The van der Waals surface area contributed by atoms with Gasteiger partial charge in [0.15, 0.2) is 5.78 Å². The molecule has 100 valence electrons. The molecule has 0 aliphatic rings. The first-order chi connectivity index (χ1) is 9.75. The van der Waals surface area contributed by atoms with Gasteiger partial charge in [-0.25, -0.2) is 0 Å². The van der Waals surface area contributed by atoms with E-state index in [4.69, 9.17) is 0 Å². The monoisotopic (exact) mass is 263 g/mol. The van der Waals surface area contributed by atoms with E-state index in [1.54, 1.807) is 6.92 Å². The molecule has 1 heterocycles. The van der Waals surface area contributed by atoms with Gasteiger partial charge in [0.05, 0.1) is 0 Å². The summed E-state index contributed by atoms with van der Waals surface area (Å²) in [6.07, 6.45) is 2.95. The van der Waals surface area contributed by atoms with Crippen molar-refractivity contribution in [3.8, 4) is 0 Å². The Kier molecular flexibility index (Phi) is 3.38. The zero-order chi connectivity index (χ0) is 13.9. The Labute approximate surface area is 118 Å². The number of aromatic nitrogens is 1. The SMILES string of the molecule is CC(=O)c1cn(CCc2ccccc2)c2ccccc12. The molecule has 3 rings (SSSR count). The maximum atomic E-state index is 11.7. The zero-order valence-corrected chi connectivity index (χ0v) is 11.5. The highest BCUT2D eigenvalue weighted by Gasteiger charge is 2.10. The number of fused-ring (bicyclic) bond motifs is 1. The average Bonchev–Trinajstić information content (AvgIpc) is 2.85. The Hall–Kier alpha value is -2.35. The molecule has 20 heavy (non-hydrogen) atoms. The number of rotatable bonds is 4. The Balaban J connectivity index is 1.94. The predicted octanol–water partition coefficient (Wildman–Crippen LogP) is 4.09. The molecule has 0 atom stereocenters. The number of nitrogens with zero attached hydrogens (tertiary/aromatic N) is 1. The van der Waals surface area contributed by atoms with Gasteiger partial charge in [0.25, 0.3) is 0 Å². The zero-order valence-electron chi connectivity index (χ0n) is 11.5. The van der Waals surface area contributed by atoms with E-state index in [1.165, 1.54) is 5.56 Å². The third-order valence-electron chi connectivity index (χ3n) is 3.65. The van der Waals surface area contributed by atoms with Gasteiger partial charge >= 0.3 is 0 Å². The molecule has 2 heteroatoms. The minimum atomic E-state index is 0.125. The van der Waals surface area contributed by atoms with E-state index < -0.39 is 0 Å². The van der Waals surface area contributed by atoms with Crippen LogP contribution < -0.4 is 0 Å². The summed E-state index contributed by atoms with van der Waals surface area (Å²) in [6, 6.07) is 18.5. The van der Waals surface area contributed by atoms with E-state index in [1.807, 2.05) is 30.5 Å². The summed E-state index contributed by atoms with van der Waals surface area (Å²) in [4.78, 5) is 11.7. The van der Waals surface area contributed by atoms with E-state index in [2.05, 4.69) is 34.9 Å². The number of carbonyl (C=O) groups excluding carboxylic acids is 1. The summed E-state index contributed by atoms with van der Waals surface area (Å²) in [5.41, 5.74) is 3.26. The van der Waals surface area contributed by atoms with E-state index in [0.717, 1.165) is 29.4 Å². The van der Waals surface area contributed by atoms with Gasteiger partial charge in [-0.1, -0.05) is 48.5 Å².